The van der Waals surface area contributed by atoms with Gasteiger partial charge in [0.1, 0.15) is 0 Å². The van der Waals surface area contributed by atoms with E-state index in [1.165, 1.54) is 5.56 Å². The molecule has 4 rings (SSSR count). The van der Waals surface area contributed by atoms with Crippen molar-refractivity contribution in [3.8, 4) is 11.5 Å². The lowest BCUT2D eigenvalue weighted by atomic mass is 10.0. The van der Waals surface area contributed by atoms with E-state index in [9.17, 15) is 9.59 Å². The molecule has 2 amide bonds. The van der Waals surface area contributed by atoms with Crippen LogP contribution in [0.2, 0.25) is 0 Å². The summed E-state index contributed by atoms with van der Waals surface area (Å²) in [4.78, 5) is 31.6. The molecular formula is C25H38N4O4. The molecule has 33 heavy (non-hydrogen) atoms. The molecule has 1 atom stereocenters. The van der Waals surface area contributed by atoms with Crippen molar-refractivity contribution < 1.29 is 19.1 Å². The molecule has 0 aromatic heterocycles. The molecule has 2 saturated heterocycles. The zero-order valence-corrected chi connectivity index (χ0v) is 20.3. The Bertz CT molecular complexity index is 845. The zero-order chi connectivity index (χ0) is 23.4. The van der Waals surface area contributed by atoms with E-state index in [0.29, 0.717) is 39.4 Å². The number of amides is 2. The van der Waals surface area contributed by atoms with E-state index in [-0.39, 0.29) is 23.4 Å². The molecule has 3 aliphatic rings. The van der Waals surface area contributed by atoms with Crippen LogP contribution in [0.25, 0.3) is 0 Å². The standard InChI is InChI=1S/C25H38N4O4/c1-25(2,3)26-23(30)17-27-10-12-28(13-11-27)24(31)18-29-9-4-6-20(29)19-7-8-21-22(16-19)33-15-5-14-32-21/h7-8,16,20H,4-6,9-15,17-18H2,1-3H3,(H,26,30)/t20-/m1/s1. The minimum Gasteiger partial charge on any atom is -0.490 e. The second-order valence-electron chi connectivity index (χ2n) is 10.3. The summed E-state index contributed by atoms with van der Waals surface area (Å²) in [6.45, 7) is 11.9. The van der Waals surface area contributed by atoms with E-state index in [4.69, 9.17) is 9.47 Å². The third-order valence-electron chi connectivity index (χ3n) is 6.46. The van der Waals surface area contributed by atoms with Crippen molar-refractivity contribution in [2.45, 2.75) is 51.6 Å². The quantitative estimate of drug-likeness (QED) is 0.728. The Kier molecular flexibility index (Phi) is 7.44. The number of hydrogen-bond donors (Lipinski definition) is 1. The van der Waals surface area contributed by atoms with Crippen molar-refractivity contribution in [2.24, 2.45) is 0 Å². The summed E-state index contributed by atoms with van der Waals surface area (Å²) < 4.78 is 11.6. The van der Waals surface area contributed by atoms with Crippen LogP contribution in [0.3, 0.4) is 0 Å². The first kappa shape index (κ1) is 23.8. The molecule has 8 heteroatoms. The van der Waals surface area contributed by atoms with E-state index < -0.39 is 0 Å². The zero-order valence-electron chi connectivity index (χ0n) is 20.3. The maximum absolute atomic E-state index is 13.1. The number of piperazine rings is 1. The Labute approximate surface area is 197 Å². The van der Waals surface area contributed by atoms with Gasteiger partial charge in [-0.05, 0) is 57.9 Å². The summed E-state index contributed by atoms with van der Waals surface area (Å²) in [5, 5.41) is 3.01. The molecule has 0 unspecified atom stereocenters. The van der Waals surface area contributed by atoms with Crippen LogP contribution in [0.1, 0.15) is 51.6 Å². The highest BCUT2D eigenvalue weighted by molar-refractivity contribution is 5.79. The van der Waals surface area contributed by atoms with Crippen LogP contribution in [-0.2, 0) is 9.59 Å². The van der Waals surface area contributed by atoms with E-state index in [0.717, 1.165) is 50.4 Å². The molecule has 3 aliphatic heterocycles. The number of likely N-dealkylation sites (tertiary alicyclic amines) is 1. The first-order valence-corrected chi connectivity index (χ1v) is 12.2. The smallest absolute Gasteiger partial charge is 0.236 e. The maximum Gasteiger partial charge on any atom is 0.236 e. The number of nitrogens with one attached hydrogen (secondary N) is 1. The average molecular weight is 459 g/mol. The van der Waals surface area contributed by atoms with Gasteiger partial charge in [0.05, 0.1) is 26.3 Å². The maximum atomic E-state index is 13.1. The molecule has 3 heterocycles. The van der Waals surface area contributed by atoms with E-state index in [1.54, 1.807) is 0 Å². The molecule has 0 aliphatic carbocycles. The van der Waals surface area contributed by atoms with Crippen LogP contribution < -0.4 is 14.8 Å². The predicted molar refractivity (Wildman–Crippen MR) is 127 cm³/mol. The number of nitrogens with zero attached hydrogens (tertiary/aromatic N) is 3. The largest absolute Gasteiger partial charge is 0.490 e. The lowest BCUT2D eigenvalue weighted by Gasteiger charge is -2.36. The molecular weight excluding hydrogens is 420 g/mol. The summed E-state index contributed by atoms with van der Waals surface area (Å²) in [7, 11) is 0. The number of rotatable bonds is 5. The Morgan fingerprint density at radius 2 is 1.70 bits per heavy atom. The Hall–Kier alpha value is -2.32. The summed E-state index contributed by atoms with van der Waals surface area (Å²) in [6, 6.07) is 6.44. The predicted octanol–water partition coefficient (Wildman–Crippen LogP) is 2.04. The minimum absolute atomic E-state index is 0.0392. The second kappa shape index (κ2) is 10.3. The van der Waals surface area contributed by atoms with Crippen LogP contribution in [-0.4, -0.2) is 91.1 Å². The topological polar surface area (TPSA) is 74.4 Å². The average Bonchev–Trinajstić information content (AvgIpc) is 3.08. The van der Waals surface area contributed by atoms with Crippen molar-refractivity contribution in [3.63, 3.8) is 0 Å². The number of ether oxygens (including phenoxy) is 2. The fourth-order valence-electron chi connectivity index (χ4n) is 4.87. The van der Waals surface area contributed by atoms with Crippen molar-refractivity contribution in [3.05, 3.63) is 23.8 Å². The molecule has 0 spiro atoms. The second-order valence-corrected chi connectivity index (χ2v) is 10.3. The lowest BCUT2D eigenvalue weighted by Crippen LogP contribution is -2.54. The number of hydrogen-bond acceptors (Lipinski definition) is 6. The fourth-order valence-corrected chi connectivity index (χ4v) is 4.87. The summed E-state index contributed by atoms with van der Waals surface area (Å²) >= 11 is 0. The van der Waals surface area contributed by atoms with Crippen molar-refractivity contribution in [1.82, 2.24) is 20.0 Å². The van der Waals surface area contributed by atoms with Crippen molar-refractivity contribution >= 4 is 11.8 Å². The SMILES string of the molecule is CC(C)(C)NC(=O)CN1CCN(C(=O)CN2CCC[C@@H]2c2ccc3c(c2)OCCCO3)CC1. The third kappa shape index (κ3) is 6.38. The third-order valence-corrected chi connectivity index (χ3v) is 6.46. The van der Waals surface area contributed by atoms with Gasteiger partial charge >= 0.3 is 0 Å². The molecule has 182 valence electrons. The van der Waals surface area contributed by atoms with Gasteiger partial charge in [-0.15, -0.1) is 0 Å². The number of carbonyl (C=O) groups excluding carboxylic acids is 2. The van der Waals surface area contributed by atoms with E-state index in [1.807, 2.05) is 31.7 Å². The fraction of sp³-hybridized carbons (Fsp3) is 0.680. The van der Waals surface area contributed by atoms with Crippen LogP contribution in [0.4, 0.5) is 0 Å². The number of fused-ring (bicyclic) bond motifs is 1. The number of benzene rings is 1. The molecule has 1 aromatic rings. The van der Waals surface area contributed by atoms with Crippen LogP contribution >= 0.6 is 0 Å². The molecule has 0 saturated carbocycles. The normalized spacial score (nSPS) is 22.2. The molecule has 1 aromatic carbocycles. The van der Waals surface area contributed by atoms with Gasteiger partial charge in [0, 0.05) is 44.2 Å². The highest BCUT2D eigenvalue weighted by Gasteiger charge is 2.31. The highest BCUT2D eigenvalue weighted by Crippen LogP contribution is 2.37. The molecule has 1 N–H and O–H groups in total. The van der Waals surface area contributed by atoms with Gasteiger partial charge in [-0.1, -0.05) is 6.07 Å². The summed E-state index contributed by atoms with van der Waals surface area (Å²) in [6.07, 6.45) is 3.02. The highest BCUT2D eigenvalue weighted by atomic mass is 16.5. The van der Waals surface area contributed by atoms with Gasteiger partial charge in [0.15, 0.2) is 11.5 Å². The van der Waals surface area contributed by atoms with E-state index >= 15 is 0 Å². The van der Waals surface area contributed by atoms with Crippen molar-refractivity contribution in [2.75, 3.05) is 59.0 Å². The van der Waals surface area contributed by atoms with Gasteiger partial charge in [-0.3, -0.25) is 19.4 Å². The Balaban J connectivity index is 1.29. The summed E-state index contributed by atoms with van der Waals surface area (Å²) in [5.41, 5.74) is 0.969. The molecule has 0 bridgehead atoms. The molecule has 8 nitrogen and oxygen atoms in total. The first-order chi connectivity index (χ1) is 15.8. The summed E-state index contributed by atoms with van der Waals surface area (Å²) in [5.74, 6) is 1.84. The van der Waals surface area contributed by atoms with Crippen LogP contribution in [0.5, 0.6) is 11.5 Å². The van der Waals surface area contributed by atoms with Gasteiger partial charge in [0.25, 0.3) is 0 Å². The molecule has 2 fully saturated rings. The Morgan fingerprint density at radius 1 is 0.970 bits per heavy atom. The monoisotopic (exact) mass is 458 g/mol. The van der Waals surface area contributed by atoms with Gasteiger partial charge in [0.2, 0.25) is 11.8 Å². The van der Waals surface area contributed by atoms with E-state index in [2.05, 4.69) is 27.2 Å². The van der Waals surface area contributed by atoms with Crippen LogP contribution in [0, 0.1) is 0 Å². The number of carbonyl (C=O) groups is 2. The van der Waals surface area contributed by atoms with Gasteiger partial charge < -0.3 is 19.7 Å². The van der Waals surface area contributed by atoms with Gasteiger partial charge in [-0.25, -0.2) is 0 Å². The molecule has 0 radical (unpaired) electrons. The van der Waals surface area contributed by atoms with Crippen molar-refractivity contribution in [1.29, 1.82) is 0 Å². The lowest BCUT2D eigenvalue weighted by molar-refractivity contribution is -0.134. The first-order valence-electron chi connectivity index (χ1n) is 12.2. The minimum atomic E-state index is -0.225. The van der Waals surface area contributed by atoms with Gasteiger partial charge in [-0.2, -0.15) is 0 Å². The Morgan fingerprint density at radius 3 is 2.42 bits per heavy atom. The van der Waals surface area contributed by atoms with Crippen LogP contribution in [0.15, 0.2) is 18.2 Å².